The summed E-state index contributed by atoms with van der Waals surface area (Å²) in [5, 5.41) is 5.00. The van der Waals surface area contributed by atoms with Crippen LogP contribution in [0, 0.1) is 6.92 Å². The molecule has 0 atom stereocenters. The van der Waals surface area contributed by atoms with E-state index in [1.54, 1.807) is 12.3 Å². The molecule has 31 heavy (non-hydrogen) atoms. The average Bonchev–Trinajstić information content (AvgIpc) is 2.78. The Kier molecular flexibility index (Phi) is 6.28. The largest absolute Gasteiger partial charge is 0.488 e. The number of hydrogen-bond donors (Lipinski definition) is 0. The van der Waals surface area contributed by atoms with Crippen LogP contribution in [-0.2, 0) is 13.0 Å². The van der Waals surface area contributed by atoms with Crippen molar-refractivity contribution >= 4 is 33.0 Å². The molecule has 5 nitrogen and oxygen atoms in total. The van der Waals surface area contributed by atoms with Crippen molar-refractivity contribution in [2.45, 2.75) is 26.9 Å². The molecule has 4 rings (SSSR count). The van der Waals surface area contributed by atoms with Gasteiger partial charge in [-0.15, -0.1) is 0 Å². The predicted octanol–water partition coefficient (Wildman–Crippen LogP) is 5.49. The van der Waals surface area contributed by atoms with Gasteiger partial charge in [0.2, 0.25) is 0 Å². The number of benzene rings is 3. The number of fused-ring (bicyclic) bond motifs is 1. The molecule has 0 aliphatic heterocycles. The fourth-order valence-electron chi connectivity index (χ4n) is 3.34. The van der Waals surface area contributed by atoms with Gasteiger partial charge in [-0.25, -0.2) is 4.98 Å². The third-order valence-electron chi connectivity index (χ3n) is 4.90. The molecular formula is C25H22BrN3O2. The molecule has 0 radical (unpaired) electrons. The molecule has 0 fully saturated rings. The van der Waals surface area contributed by atoms with Gasteiger partial charge in [0.25, 0.3) is 5.56 Å². The summed E-state index contributed by atoms with van der Waals surface area (Å²) in [4.78, 5) is 17.7. The van der Waals surface area contributed by atoms with E-state index in [1.807, 2.05) is 55.5 Å². The van der Waals surface area contributed by atoms with E-state index in [-0.39, 0.29) is 5.56 Å². The second-order valence-electron chi connectivity index (χ2n) is 7.22. The molecule has 0 bridgehead atoms. The number of para-hydroxylation sites is 1. The van der Waals surface area contributed by atoms with Gasteiger partial charge in [-0.05, 0) is 42.8 Å². The Morgan fingerprint density at radius 2 is 1.94 bits per heavy atom. The zero-order valence-electron chi connectivity index (χ0n) is 17.4. The lowest BCUT2D eigenvalue weighted by atomic mass is 10.1. The molecule has 1 heterocycles. The fourth-order valence-corrected chi connectivity index (χ4v) is 3.71. The maximum absolute atomic E-state index is 13.1. The van der Waals surface area contributed by atoms with Crippen molar-refractivity contribution in [1.82, 2.24) is 9.66 Å². The Balaban J connectivity index is 1.67. The van der Waals surface area contributed by atoms with Crippen LogP contribution in [0.3, 0.4) is 0 Å². The predicted molar refractivity (Wildman–Crippen MR) is 128 cm³/mol. The van der Waals surface area contributed by atoms with Crippen LogP contribution in [0.2, 0.25) is 0 Å². The van der Waals surface area contributed by atoms with Crippen LogP contribution in [0.4, 0.5) is 0 Å². The highest BCUT2D eigenvalue weighted by molar-refractivity contribution is 9.10. The first-order valence-electron chi connectivity index (χ1n) is 10.1. The van der Waals surface area contributed by atoms with E-state index in [0.29, 0.717) is 35.5 Å². The number of rotatable bonds is 6. The van der Waals surface area contributed by atoms with Gasteiger partial charge < -0.3 is 4.74 Å². The van der Waals surface area contributed by atoms with Crippen molar-refractivity contribution in [3.8, 4) is 5.75 Å². The van der Waals surface area contributed by atoms with Crippen LogP contribution in [-0.4, -0.2) is 15.9 Å². The summed E-state index contributed by atoms with van der Waals surface area (Å²) in [6, 6.07) is 21.4. The van der Waals surface area contributed by atoms with Crippen LogP contribution in [0.5, 0.6) is 5.75 Å². The van der Waals surface area contributed by atoms with E-state index in [4.69, 9.17) is 4.74 Å². The van der Waals surface area contributed by atoms with Crippen LogP contribution in [0.1, 0.15) is 29.4 Å². The molecule has 3 aromatic carbocycles. The third-order valence-corrected chi connectivity index (χ3v) is 5.39. The summed E-state index contributed by atoms with van der Waals surface area (Å²) in [7, 11) is 0. The van der Waals surface area contributed by atoms with Crippen molar-refractivity contribution < 1.29 is 4.74 Å². The highest BCUT2D eigenvalue weighted by atomic mass is 79.9. The minimum absolute atomic E-state index is 0.197. The van der Waals surface area contributed by atoms with E-state index in [2.05, 4.69) is 45.1 Å². The first-order chi connectivity index (χ1) is 15.0. The van der Waals surface area contributed by atoms with Crippen molar-refractivity contribution in [2.75, 3.05) is 0 Å². The first-order valence-corrected chi connectivity index (χ1v) is 10.9. The zero-order chi connectivity index (χ0) is 21.8. The van der Waals surface area contributed by atoms with Gasteiger partial charge in [0.15, 0.2) is 0 Å². The quantitative estimate of drug-likeness (QED) is 0.346. The number of ether oxygens (including phenoxy) is 1. The first kappa shape index (κ1) is 21.0. The number of hydrogen-bond acceptors (Lipinski definition) is 4. The fraction of sp³-hybridized carbons (Fsp3) is 0.160. The van der Waals surface area contributed by atoms with Crippen molar-refractivity contribution in [3.05, 3.63) is 104 Å². The summed E-state index contributed by atoms with van der Waals surface area (Å²) in [5.41, 5.74) is 3.55. The highest BCUT2D eigenvalue weighted by Crippen LogP contribution is 2.19. The second kappa shape index (κ2) is 9.27. The smallest absolute Gasteiger partial charge is 0.282 e. The molecule has 0 saturated carbocycles. The molecular weight excluding hydrogens is 454 g/mol. The van der Waals surface area contributed by atoms with Gasteiger partial charge >= 0.3 is 0 Å². The maximum Gasteiger partial charge on any atom is 0.282 e. The molecule has 0 spiro atoms. The van der Waals surface area contributed by atoms with Crippen LogP contribution in [0.25, 0.3) is 10.9 Å². The number of aryl methyl sites for hydroxylation is 2. The van der Waals surface area contributed by atoms with E-state index in [0.717, 1.165) is 15.6 Å². The van der Waals surface area contributed by atoms with Crippen LogP contribution in [0.15, 0.2) is 81.1 Å². The Morgan fingerprint density at radius 3 is 2.74 bits per heavy atom. The lowest BCUT2D eigenvalue weighted by Crippen LogP contribution is -2.22. The number of aromatic nitrogens is 2. The molecule has 1 aromatic heterocycles. The van der Waals surface area contributed by atoms with Crippen molar-refractivity contribution in [2.24, 2.45) is 5.10 Å². The minimum Gasteiger partial charge on any atom is -0.488 e. The summed E-state index contributed by atoms with van der Waals surface area (Å²) < 4.78 is 8.23. The zero-order valence-corrected chi connectivity index (χ0v) is 19.0. The molecule has 0 amide bonds. The maximum atomic E-state index is 13.1. The molecule has 0 aliphatic carbocycles. The second-order valence-corrected chi connectivity index (χ2v) is 8.14. The van der Waals surface area contributed by atoms with Gasteiger partial charge in [-0.1, -0.05) is 64.8 Å². The molecule has 0 unspecified atom stereocenters. The van der Waals surface area contributed by atoms with Gasteiger partial charge in [0.05, 0.1) is 17.1 Å². The number of halogens is 1. The molecule has 0 N–H and O–H groups in total. The normalized spacial score (nSPS) is 11.3. The molecule has 4 aromatic rings. The summed E-state index contributed by atoms with van der Waals surface area (Å²) in [5.74, 6) is 1.31. The lowest BCUT2D eigenvalue weighted by molar-refractivity contribution is 0.305. The topological polar surface area (TPSA) is 56.5 Å². The van der Waals surface area contributed by atoms with Gasteiger partial charge in [0.1, 0.15) is 18.2 Å². The van der Waals surface area contributed by atoms with E-state index in [1.165, 1.54) is 10.2 Å². The standard InChI is InChI=1S/C25H22BrN3O2/c1-3-24-28-22-12-11-20(26)14-21(22)25(30)29(24)27-15-19-9-4-5-10-23(19)31-16-18-8-6-7-17(2)13-18/h4-15H,3,16H2,1-2H3. The van der Waals surface area contributed by atoms with E-state index >= 15 is 0 Å². The Labute approximate surface area is 189 Å². The molecule has 0 aliphatic rings. The van der Waals surface area contributed by atoms with Crippen molar-refractivity contribution in [3.63, 3.8) is 0 Å². The molecule has 156 valence electrons. The SMILES string of the molecule is CCc1nc2ccc(Br)cc2c(=O)n1N=Cc1ccccc1OCc1cccc(C)c1. The number of nitrogens with zero attached hydrogens (tertiary/aromatic N) is 3. The highest BCUT2D eigenvalue weighted by Gasteiger charge is 2.10. The van der Waals surface area contributed by atoms with Crippen LogP contribution < -0.4 is 10.3 Å². The lowest BCUT2D eigenvalue weighted by Gasteiger charge is -2.10. The summed E-state index contributed by atoms with van der Waals surface area (Å²) in [6.45, 7) is 4.47. The Hall–Kier alpha value is -3.25. The van der Waals surface area contributed by atoms with E-state index < -0.39 is 0 Å². The van der Waals surface area contributed by atoms with Crippen LogP contribution >= 0.6 is 15.9 Å². The van der Waals surface area contributed by atoms with Gasteiger partial charge in [0, 0.05) is 16.5 Å². The van der Waals surface area contributed by atoms with Gasteiger partial charge in [-0.2, -0.15) is 9.78 Å². The summed E-state index contributed by atoms with van der Waals surface area (Å²) in [6.07, 6.45) is 2.24. The Morgan fingerprint density at radius 1 is 1.10 bits per heavy atom. The minimum atomic E-state index is -0.197. The average molecular weight is 476 g/mol. The monoisotopic (exact) mass is 475 g/mol. The summed E-state index contributed by atoms with van der Waals surface area (Å²) >= 11 is 3.42. The van der Waals surface area contributed by atoms with Gasteiger partial charge in [-0.3, -0.25) is 4.79 Å². The molecule has 0 saturated heterocycles. The third kappa shape index (κ3) is 4.75. The molecule has 6 heteroatoms. The Bertz CT molecular complexity index is 1330. The van der Waals surface area contributed by atoms with Crippen molar-refractivity contribution in [1.29, 1.82) is 0 Å². The van der Waals surface area contributed by atoms with E-state index in [9.17, 15) is 4.79 Å².